The van der Waals surface area contributed by atoms with Crippen LogP contribution in [0.5, 0.6) is 0 Å². The van der Waals surface area contributed by atoms with Crippen molar-refractivity contribution in [3.8, 4) is 11.3 Å². The van der Waals surface area contributed by atoms with Crippen molar-refractivity contribution in [3.05, 3.63) is 77.4 Å². The first-order chi connectivity index (χ1) is 18.2. The SMILES string of the molecule is Cc1nnn(C)c1-c1cc(F)c2c3ncc(C(C)(C)O)cc3n(C(c3ccccc3)C3CCOCC3)c2c1. The lowest BCUT2D eigenvalue weighted by Crippen LogP contribution is -2.27. The summed E-state index contributed by atoms with van der Waals surface area (Å²) in [5, 5.41) is 19.7. The van der Waals surface area contributed by atoms with Gasteiger partial charge in [0, 0.05) is 37.6 Å². The summed E-state index contributed by atoms with van der Waals surface area (Å²) in [6.07, 6.45) is 3.44. The maximum absolute atomic E-state index is 16.1. The topological polar surface area (TPSA) is 78.0 Å². The molecule has 1 unspecified atom stereocenters. The van der Waals surface area contributed by atoms with E-state index in [1.807, 2.05) is 44.3 Å². The average Bonchev–Trinajstić information content (AvgIpc) is 3.41. The summed E-state index contributed by atoms with van der Waals surface area (Å²) in [5.41, 5.74) is 5.11. The molecule has 4 heterocycles. The Bertz CT molecular complexity index is 1610. The first-order valence-electron chi connectivity index (χ1n) is 13.1. The molecule has 3 aromatic heterocycles. The molecule has 196 valence electrons. The van der Waals surface area contributed by atoms with Crippen LogP contribution in [0.3, 0.4) is 0 Å². The van der Waals surface area contributed by atoms with Crippen LogP contribution in [-0.4, -0.2) is 42.9 Å². The molecule has 1 fully saturated rings. The van der Waals surface area contributed by atoms with Crippen molar-refractivity contribution >= 4 is 21.9 Å². The molecule has 8 heteroatoms. The van der Waals surface area contributed by atoms with E-state index >= 15 is 4.39 Å². The molecule has 7 nitrogen and oxygen atoms in total. The lowest BCUT2D eigenvalue weighted by Gasteiger charge is -2.33. The van der Waals surface area contributed by atoms with Crippen LogP contribution in [0, 0.1) is 18.7 Å². The van der Waals surface area contributed by atoms with Crippen LogP contribution in [0.2, 0.25) is 0 Å². The Morgan fingerprint density at radius 1 is 1.08 bits per heavy atom. The number of nitrogens with zero attached hydrogens (tertiary/aromatic N) is 5. The number of hydrogen-bond acceptors (Lipinski definition) is 5. The molecule has 6 rings (SSSR count). The third-order valence-electron chi connectivity index (χ3n) is 7.80. The van der Waals surface area contributed by atoms with Gasteiger partial charge in [-0.1, -0.05) is 35.5 Å². The van der Waals surface area contributed by atoms with Gasteiger partial charge >= 0.3 is 0 Å². The zero-order chi connectivity index (χ0) is 26.6. The van der Waals surface area contributed by atoms with Gasteiger partial charge < -0.3 is 14.4 Å². The van der Waals surface area contributed by atoms with Crippen LogP contribution in [0.1, 0.15) is 49.6 Å². The Balaban J connectivity index is 1.73. The summed E-state index contributed by atoms with van der Waals surface area (Å²) in [5.74, 6) is -0.0632. The molecule has 38 heavy (non-hydrogen) atoms. The van der Waals surface area contributed by atoms with E-state index in [-0.39, 0.29) is 17.8 Å². The lowest BCUT2D eigenvalue weighted by atomic mass is 9.86. The molecule has 0 aliphatic carbocycles. The minimum Gasteiger partial charge on any atom is -0.386 e. The molecule has 0 spiro atoms. The normalized spacial score (nSPS) is 15.9. The largest absolute Gasteiger partial charge is 0.386 e. The van der Waals surface area contributed by atoms with Gasteiger partial charge in [-0.05, 0) is 63.3 Å². The zero-order valence-corrected chi connectivity index (χ0v) is 22.1. The monoisotopic (exact) mass is 513 g/mol. The fourth-order valence-corrected chi connectivity index (χ4v) is 5.92. The minimum atomic E-state index is -1.09. The summed E-state index contributed by atoms with van der Waals surface area (Å²) in [7, 11) is 1.82. The number of fused-ring (bicyclic) bond motifs is 3. The number of rotatable bonds is 5. The molecular formula is C30H32FN5O2. The minimum absolute atomic E-state index is 0.0700. The maximum atomic E-state index is 16.1. The fourth-order valence-electron chi connectivity index (χ4n) is 5.92. The van der Waals surface area contributed by atoms with E-state index in [9.17, 15) is 5.11 Å². The molecule has 1 aliphatic heterocycles. The van der Waals surface area contributed by atoms with Gasteiger partial charge in [0.15, 0.2) is 0 Å². The number of ether oxygens (including phenoxy) is 1. The number of aryl methyl sites for hydroxylation is 2. The number of aliphatic hydroxyl groups is 1. The number of hydrogen-bond donors (Lipinski definition) is 1. The van der Waals surface area contributed by atoms with Crippen LogP contribution >= 0.6 is 0 Å². The predicted molar refractivity (Wildman–Crippen MR) is 145 cm³/mol. The van der Waals surface area contributed by atoms with Gasteiger partial charge in [0.25, 0.3) is 0 Å². The number of pyridine rings is 1. The smallest absolute Gasteiger partial charge is 0.135 e. The van der Waals surface area contributed by atoms with E-state index in [0.29, 0.717) is 35.2 Å². The quantitative estimate of drug-likeness (QED) is 0.327. The number of aromatic nitrogens is 5. The fraction of sp³-hybridized carbons (Fsp3) is 0.367. The standard InChI is InChI=1S/C30H32FN5O2/c1-18-28(35(4)34-33-18)21-14-23(31)26-24(15-21)36(25-16-22(30(2,3)37)17-32-27(25)26)29(19-8-6-5-7-9-19)20-10-12-38-13-11-20/h5-9,14-17,20,29,37H,10-13H2,1-4H3. The molecule has 2 aromatic carbocycles. The highest BCUT2D eigenvalue weighted by Crippen LogP contribution is 2.43. The van der Waals surface area contributed by atoms with Crippen molar-refractivity contribution in [1.29, 1.82) is 0 Å². The molecule has 0 saturated carbocycles. The zero-order valence-electron chi connectivity index (χ0n) is 22.1. The second-order valence-electron chi connectivity index (χ2n) is 10.8. The van der Waals surface area contributed by atoms with E-state index in [4.69, 9.17) is 9.72 Å². The molecule has 5 aromatic rings. The van der Waals surface area contributed by atoms with Gasteiger partial charge in [-0.15, -0.1) is 5.10 Å². The van der Waals surface area contributed by atoms with Crippen LogP contribution in [0.4, 0.5) is 4.39 Å². The first kappa shape index (κ1) is 24.7. The van der Waals surface area contributed by atoms with Gasteiger partial charge in [0.05, 0.1) is 45.0 Å². The molecule has 1 saturated heterocycles. The van der Waals surface area contributed by atoms with Crippen LogP contribution in [0.25, 0.3) is 33.2 Å². The Morgan fingerprint density at radius 3 is 2.47 bits per heavy atom. The van der Waals surface area contributed by atoms with Crippen molar-refractivity contribution in [2.24, 2.45) is 13.0 Å². The van der Waals surface area contributed by atoms with Gasteiger partial charge in [0.2, 0.25) is 0 Å². The van der Waals surface area contributed by atoms with E-state index in [0.717, 1.165) is 40.8 Å². The Hall–Kier alpha value is -3.62. The van der Waals surface area contributed by atoms with E-state index < -0.39 is 5.60 Å². The van der Waals surface area contributed by atoms with Gasteiger partial charge in [-0.3, -0.25) is 4.98 Å². The third kappa shape index (κ3) is 4.08. The van der Waals surface area contributed by atoms with Crippen molar-refractivity contribution < 1.29 is 14.2 Å². The summed E-state index contributed by atoms with van der Waals surface area (Å²) < 4.78 is 25.8. The highest BCUT2D eigenvalue weighted by molar-refractivity contribution is 6.07. The van der Waals surface area contributed by atoms with Crippen molar-refractivity contribution in [2.75, 3.05) is 13.2 Å². The van der Waals surface area contributed by atoms with E-state index in [1.165, 1.54) is 0 Å². The predicted octanol–water partition coefficient (Wildman–Crippen LogP) is 5.68. The molecule has 0 radical (unpaired) electrons. The molecule has 1 N–H and O–H groups in total. The average molecular weight is 514 g/mol. The molecule has 1 aliphatic rings. The Labute approximate surface area is 220 Å². The van der Waals surface area contributed by atoms with Gasteiger partial charge in [0.1, 0.15) is 5.82 Å². The summed E-state index contributed by atoms with van der Waals surface area (Å²) >= 11 is 0. The lowest BCUT2D eigenvalue weighted by molar-refractivity contribution is 0.0552. The summed E-state index contributed by atoms with van der Waals surface area (Å²) in [6.45, 7) is 6.75. The summed E-state index contributed by atoms with van der Waals surface area (Å²) in [4.78, 5) is 4.73. The Kier molecular flexibility index (Phi) is 6.04. The van der Waals surface area contributed by atoms with Crippen LogP contribution in [-0.2, 0) is 17.4 Å². The van der Waals surface area contributed by atoms with E-state index in [2.05, 4.69) is 27.0 Å². The highest BCUT2D eigenvalue weighted by atomic mass is 19.1. The molecule has 0 bridgehead atoms. The van der Waals surface area contributed by atoms with E-state index in [1.54, 1.807) is 30.8 Å². The highest BCUT2D eigenvalue weighted by Gasteiger charge is 2.32. The molecule has 1 atom stereocenters. The second kappa shape index (κ2) is 9.29. The van der Waals surface area contributed by atoms with Gasteiger partial charge in [-0.2, -0.15) is 0 Å². The summed E-state index contributed by atoms with van der Waals surface area (Å²) in [6, 6.07) is 15.9. The van der Waals surface area contributed by atoms with Crippen LogP contribution in [0.15, 0.2) is 54.7 Å². The Morgan fingerprint density at radius 2 is 1.82 bits per heavy atom. The number of halogens is 1. The third-order valence-corrected chi connectivity index (χ3v) is 7.80. The van der Waals surface area contributed by atoms with Crippen molar-refractivity contribution in [3.63, 3.8) is 0 Å². The second-order valence-corrected chi connectivity index (χ2v) is 10.8. The van der Waals surface area contributed by atoms with Crippen molar-refractivity contribution in [2.45, 2.75) is 45.3 Å². The molecule has 0 amide bonds. The maximum Gasteiger partial charge on any atom is 0.135 e. The van der Waals surface area contributed by atoms with Crippen LogP contribution < -0.4 is 0 Å². The number of benzene rings is 2. The van der Waals surface area contributed by atoms with Gasteiger partial charge in [-0.25, -0.2) is 9.07 Å². The van der Waals surface area contributed by atoms with Crippen molar-refractivity contribution in [1.82, 2.24) is 24.5 Å². The first-order valence-corrected chi connectivity index (χ1v) is 13.1. The molecular weight excluding hydrogens is 481 g/mol.